The Morgan fingerprint density at radius 3 is 2.29 bits per heavy atom. The monoisotopic (exact) mass is 389 g/mol. The first-order valence-corrected chi connectivity index (χ1v) is 7.74. The Morgan fingerprint density at radius 1 is 1.11 bits per heavy atom. The molecule has 1 unspecified atom stereocenters. The second-order valence-electron chi connectivity index (χ2n) is 5.75. The van der Waals surface area contributed by atoms with Crippen LogP contribution in [0.5, 0.6) is 5.75 Å². The highest BCUT2D eigenvalue weighted by molar-refractivity contribution is 5.87. The zero-order chi connectivity index (χ0) is 20.5. The average molecular weight is 389 g/mol. The van der Waals surface area contributed by atoms with Crippen LogP contribution < -0.4 is 4.74 Å². The molecule has 1 N–H and O–H groups in total. The van der Waals surface area contributed by atoms with Gasteiger partial charge in [-0.1, -0.05) is 11.8 Å². The van der Waals surface area contributed by atoms with Crippen LogP contribution in [0.15, 0.2) is 48.2 Å². The lowest BCUT2D eigenvalue weighted by atomic mass is 10.0. The lowest BCUT2D eigenvalue weighted by Gasteiger charge is -2.24. The van der Waals surface area contributed by atoms with Gasteiger partial charge >= 0.3 is 12.1 Å². The van der Waals surface area contributed by atoms with E-state index in [0.29, 0.717) is 11.1 Å². The second kappa shape index (κ2) is 7.08. The Hall–Kier alpha value is -3.80. The Kier molecular flexibility index (Phi) is 4.79. The first-order valence-electron chi connectivity index (χ1n) is 7.74. The summed E-state index contributed by atoms with van der Waals surface area (Å²) in [6.07, 6.45) is -6.74. The molecule has 142 valence electrons. The van der Waals surface area contributed by atoms with Crippen LogP contribution >= 0.6 is 0 Å². The van der Waals surface area contributed by atoms with E-state index in [1.807, 2.05) is 0 Å². The van der Waals surface area contributed by atoms with Gasteiger partial charge in [0.25, 0.3) is 11.8 Å². The van der Waals surface area contributed by atoms with Crippen LogP contribution in [0.3, 0.4) is 0 Å². The van der Waals surface area contributed by atoms with E-state index in [2.05, 4.69) is 11.8 Å². The van der Waals surface area contributed by atoms with Crippen molar-refractivity contribution in [1.82, 2.24) is 0 Å². The van der Waals surface area contributed by atoms with E-state index in [1.165, 1.54) is 42.5 Å². The van der Waals surface area contributed by atoms with E-state index in [0.717, 1.165) is 6.08 Å². The molecule has 0 fully saturated rings. The van der Waals surface area contributed by atoms with E-state index < -0.39 is 28.9 Å². The molecule has 1 aliphatic heterocycles. The molecular formula is C19H10F3NO5. The Balaban J connectivity index is 1.91. The first kappa shape index (κ1) is 19.0. The maximum absolute atomic E-state index is 13.0. The lowest BCUT2D eigenvalue weighted by molar-refractivity contribution is -0.443. The van der Waals surface area contributed by atoms with Crippen molar-refractivity contribution in [1.29, 1.82) is 0 Å². The van der Waals surface area contributed by atoms with Gasteiger partial charge in [-0.05, 0) is 42.5 Å². The van der Waals surface area contributed by atoms with Gasteiger partial charge in [0.15, 0.2) is 0 Å². The minimum atomic E-state index is -4.92. The molecule has 0 radical (unpaired) electrons. The third-order valence-electron chi connectivity index (χ3n) is 3.82. The molecule has 2 aromatic rings. The van der Waals surface area contributed by atoms with Crippen molar-refractivity contribution in [3.63, 3.8) is 0 Å². The standard InChI is InChI=1S/C19H10F3NO5/c20-19(21,22)17-15(23(26)27)10-14-9-12(5-8-16(14)28-17)2-1-11-3-6-13(7-4-11)18(24)25/h3-10,17H,(H,24,25). The lowest BCUT2D eigenvalue weighted by Crippen LogP contribution is -2.40. The summed E-state index contributed by atoms with van der Waals surface area (Å²) in [6.45, 7) is 0. The summed E-state index contributed by atoms with van der Waals surface area (Å²) in [5.41, 5.74) is 0.0365. The molecule has 3 rings (SSSR count). The van der Waals surface area contributed by atoms with Crippen molar-refractivity contribution in [3.05, 3.63) is 80.5 Å². The molecule has 0 amide bonds. The van der Waals surface area contributed by atoms with Gasteiger partial charge < -0.3 is 9.84 Å². The summed E-state index contributed by atoms with van der Waals surface area (Å²) in [5.74, 6) is 4.35. The minimum Gasteiger partial charge on any atom is -0.478 e. The Morgan fingerprint density at radius 2 is 1.71 bits per heavy atom. The number of carboxylic acids is 1. The number of carbonyl (C=O) groups is 1. The molecule has 2 aromatic carbocycles. The van der Waals surface area contributed by atoms with Crippen molar-refractivity contribution >= 4 is 12.0 Å². The van der Waals surface area contributed by atoms with E-state index in [1.54, 1.807) is 0 Å². The fraction of sp³-hybridized carbons (Fsp3) is 0.105. The summed E-state index contributed by atoms with van der Waals surface area (Å²) in [7, 11) is 0. The molecule has 0 saturated heterocycles. The number of nitro groups is 1. The van der Waals surface area contributed by atoms with Crippen LogP contribution in [0.4, 0.5) is 13.2 Å². The highest BCUT2D eigenvalue weighted by Crippen LogP contribution is 2.37. The van der Waals surface area contributed by atoms with Gasteiger partial charge in [0.2, 0.25) is 0 Å². The number of hydrogen-bond donors (Lipinski definition) is 1. The second-order valence-corrected chi connectivity index (χ2v) is 5.75. The zero-order valence-electron chi connectivity index (χ0n) is 13.9. The predicted octanol–water partition coefficient (Wildman–Crippen LogP) is 3.73. The van der Waals surface area contributed by atoms with Gasteiger partial charge in [-0.25, -0.2) is 4.79 Å². The molecule has 1 aliphatic rings. The fourth-order valence-electron chi connectivity index (χ4n) is 2.49. The number of hydrogen-bond acceptors (Lipinski definition) is 4. The summed E-state index contributed by atoms with van der Waals surface area (Å²) < 4.78 is 43.7. The Labute approximate surface area is 156 Å². The molecule has 1 heterocycles. The van der Waals surface area contributed by atoms with Crippen molar-refractivity contribution in [2.75, 3.05) is 0 Å². The van der Waals surface area contributed by atoms with Crippen molar-refractivity contribution in [3.8, 4) is 17.6 Å². The maximum atomic E-state index is 13.0. The molecule has 9 heteroatoms. The van der Waals surface area contributed by atoms with E-state index in [4.69, 9.17) is 9.84 Å². The molecule has 1 atom stereocenters. The summed E-state index contributed by atoms with van der Waals surface area (Å²) in [5, 5.41) is 19.8. The smallest absolute Gasteiger partial charge is 0.436 e. The van der Waals surface area contributed by atoms with Gasteiger partial charge in [0.05, 0.1) is 10.5 Å². The SMILES string of the molecule is O=C(O)c1ccc(C#Cc2ccc3c(c2)C=C([N+](=O)[O-])C(C(F)(F)F)O3)cc1. The largest absolute Gasteiger partial charge is 0.478 e. The number of aromatic carboxylic acids is 1. The van der Waals surface area contributed by atoms with Gasteiger partial charge in [-0.3, -0.25) is 10.1 Å². The molecule has 0 saturated carbocycles. The number of ether oxygens (including phenoxy) is 1. The minimum absolute atomic E-state index is 0.105. The van der Waals surface area contributed by atoms with Gasteiger partial charge in [-0.15, -0.1) is 0 Å². The molecule has 0 bridgehead atoms. The van der Waals surface area contributed by atoms with E-state index >= 15 is 0 Å². The number of benzene rings is 2. The quantitative estimate of drug-likeness (QED) is 0.480. The van der Waals surface area contributed by atoms with Crippen molar-refractivity contribution in [2.24, 2.45) is 0 Å². The molecule has 6 nitrogen and oxygen atoms in total. The zero-order valence-corrected chi connectivity index (χ0v) is 13.9. The predicted molar refractivity (Wildman–Crippen MR) is 91.3 cm³/mol. The van der Waals surface area contributed by atoms with Crippen LogP contribution in [0.25, 0.3) is 6.08 Å². The van der Waals surface area contributed by atoms with Crippen LogP contribution in [0.2, 0.25) is 0 Å². The third kappa shape index (κ3) is 3.96. The number of halogens is 3. The fourth-order valence-corrected chi connectivity index (χ4v) is 2.49. The first-order chi connectivity index (χ1) is 13.1. The molecular weight excluding hydrogens is 379 g/mol. The molecule has 0 spiro atoms. The van der Waals surface area contributed by atoms with Crippen LogP contribution in [-0.4, -0.2) is 28.3 Å². The number of fused-ring (bicyclic) bond motifs is 1. The van der Waals surface area contributed by atoms with Crippen LogP contribution in [-0.2, 0) is 0 Å². The van der Waals surface area contributed by atoms with Gasteiger partial charge in [-0.2, -0.15) is 13.2 Å². The highest BCUT2D eigenvalue weighted by atomic mass is 19.4. The number of rotatable bonds is 2. The third-order valence-corrected chi connectivity index (χ3v) is 3.82. The van der Waals surface area contributed by atoms with Gasteiger partial charge in [0.1, 0.15) is 5.75 Å². The molecule has 28 heavy (non-hydrogen) atoms. The topological polar surface area (TPSA) is 89.7 Å². The number of nitrogens with zero attached hydrogens (tertiary/aromatic N) is 1. The van der Waals surface area contributed by atoms with Crippen LogP contribution in [0.1, 0.15) is 27.0 Å². The number of carboxylic acid groups (broad SMARTS) is 1. The molecule has 0 aromatic heterocycles. The molecule has 0 aliphatic carbocycles. The van der Waals surface area contributed by atoms with Gasteiger partial charge in [0, 0.05) is 22.8 Å². The van der Waals surface area contributed by atoms with Crippen LogP contribution in [0, 0.1) is 22.0 Å². The maximum Gasteiger partial charge on any atom is 0.436 e. The Bertz CT molecular complexity index is 1050. The van der Waals surface area contributed by atoms with Crippen molar-refractivity contribution < 1.29 is 32.7 Å². The van der Waals surface area contributed by atoms with E-state index in [-0.39, 0.29) is 16.9 Å². The highest BCUT2D eigenvalue weighted by Gasteiger charge is 2.51. The van der Waals surface area contributed by atoms with E-state index in [9.17, 15) is 28.1 Å². The average Bonchev–Trinajstić information content (AvgIpc) is 2.64. The summed E-state index contributed by atoms with van der Waals surface area (Å²) in [6, 6.07) is 9.86. The normalized spacial score (nSPS) is 15.4. The summed E-state index contributed by atoms with van der Waals surface area (Å²) >= 11 is 0. The van der Waals surface area contributed by atoms with Crippen molar-refractivity contribution in [2.45, 2.75) is 12.3 Å². The number of alkyl halides is 3. The summed E-state index contributed by atoms with van der Waals surface area (Å²) in [4.78, 5) is 20.7.